The molecule has 0 aliphatic heterocycles. The lowest BCUT2D eigenvalue weighted by Crippen LogP contribution is -2.57. The Bertz CT molecular complexity index is 534. The van der Waals surface area contributed by atoms with Gasteiger partial charge < -0.3 is 25.4 Å². The Balaban J connectivity index is 2.20. The van der Waals surface area contributed by atoms with Crippen molar-refractivity contribution in [2.45, 2.75) is 76.7 Å². The first kappa shape index (κ1) is 25.4. The number of aliphatic hydroxyl groups excluding tert-OH is 3. The summed E-state index contributed by atoms with van der Waals surface area (Å²) in [7, 11) is 0. The van der Waals surface area contributed by atoms with E-state index in [0.717, 1.165) is 6.42 Å². The minimum Gasteiger partial charge on any atom is -0.494 e. The maximum absolute atomic E-state index is 12.2. The Morgan fingerprint density at radius 2 is 1.31 bits per heavy atom. The van der Waals surface area contributed by atoms with E-state index in [-0.39, 0.29) is 0 Å². The number of amides is 1. The molecule has 0 atom stereocenters. The third-order valence-electron chi connectivity index (χ3n) is 5.17. The lowest BCUT2D eigenvalue weighted by molar-refractivity contribution is 0.0375. The number of unbranched alkanes of at least 4 members (excludes halogenated alkanes) is 9. The monoisotopic (exact) mass is 409 g/mol. The van der Waals surface area contributed by atoms with Crippen LogP contribution in [0, 0.1) is 0 Å². The number of carbonyl (C=O) groups is 1. The molecular weight excluding hydrogens is 370 g/mol. The summed E-state index contributed by atoms with van der Waals surface area (Å²) in [6, 6.07) is 6.70. The van der Waals surface area contributed by atoms with Crippen LogP contribution in [0.25, 0.3) is 0 Å². The highest BCUT2D eigenvalue weighted by atomic mass is 16.5. The average molecular weight is 410 g/mol. The molecule has 0 aliphatic rings. The smallest absolute Gasteiger partial charge is 0.251 e. The van der Waals surface area contributed by atoms with Gasteiger partial charge in [-0.05, 0) is 30.7 Å². The summed E-state index contributed by atoms with van der Waals surface area (Å²) < 4.78 is 5.73. The topological polar surface area (TPSA) is 99.0 Å². The van der Waals surface area contributed by atoms with Gasteiger partial charge in [0, 0.05) is 5.56 Å². The van der Waals surface area contributed by atoms with Crippen molar-refractivity contribution in [3.63, 3.8) is 0 Å². The zero-order chi connectivity index (χ0) is 21.4. The molecule has 0 saturated carbocycles. The maximum atomic E-state index is 12.2. The van der Waals surface area contributed by atoms with E-state index in [1.807, 2.05) is 0 Å². The molecule has 0 aliphatic carbocycles. The molecule has 4 N–H and O–H groups in total. The van der Waals surface area contributed by atoms with Gasteiger partial charge in [0.25, 0.3) is 5.91 Å². The summed E-state index contributed by atoms with van der Waals surface area (Å²) in [5, 5.41) is 30.4. The van der Waals surface area contributed by atoms with Gasteiger partial charge >= 0.3 is 0 Å². The molecule has 6 heteroatoms. The van der Waals surface area contributed by atoms with E-state index in [4.69, 9.17) is 4.74 Å². The third kappa shape index (κ3) is 10.1. The second-order valence-corrected chi connectivity index (χ2v) is 7.76. The zero-order valence-electron chi connectivity index (χ0n) is 17.9. The van der Waals surface area contributed by atoms with Gasteiger partial charge in [-0.1, -0.05) is 64.7 Å². The molecular formula is C23H39NO5. The normalized spacial score (nSPS) is 11.4. The minimum absolute atomic E-state index is 0.371. The molecule has 0 heterocycles. The number of ether oxygens (including phenoxy) is 1. The van der Waals surface area contributed by atoms with Crippen LogP contribution in [-0.4, -0.2) is 53.2 Å². The summed E-state index contributed by atoms with van der Waals surface area (Å²) in [5.74, 6) is 0.235. The van der Waals surface area contributed by atoms with Gasteiger partial charge in [-0.3, -0.25) is 4.79 Å². The van der Waals surface area contributed by atoms with E-state index in [0.29, 0.717) is 17.9 Å². The number of carbonyl (C=O) groups excluding carboxylic acids is 1. The fourth-order valence-corrected chi connectivity index (χ4v) is 3.06. The van der Waals surface area contributed by atoms with Crippen LogP contribution in [0.15, 0.2) is 24.3 Å². The predicted octanol–water partition coefficient (Wildman–Crippen LogP) is 3.43. The highest BCUT2D eigenvalue weighted by Crippen LogP contribution is 2.15. The molecule has 0 aromatic heterocycles. The molecule has 0 bridgehead atoms. The van der Waals surface area contributed by atoms with Crippen molar-refractivity contribution in [2.24, 2.45) is 0 Å². The van der Waals surface area contributed by atoms with Gasteiger partial charge in [0.15, 0.2) is 0 Å². The lowest BCUT2D eigenvalue weighted by Gasteiger charge is -2.28. The molecule has 1 amide bonds. The van der Waals surface area contributed by atoms with Gasteiger partial charge in [0.05, 0.1) is 26.4 Å². The fraction of sp³-hybridized carbons (Fsp3) is 0.696. The number of benzene rings is 1. The summed E-state index contributed by atoms with van der Waals surface area (Å²) >= 11 is 0. The molecule has 1 aromatic rings. The second-order valence-electron chi connectivity index (χ2n) is 7.76. The summed E-state index contributed by atoms with van der Waals surface area (Å²) in [4.78, 5) is 12.2. The van der Waals surface area contributed by atoms with Gasteiger partial charge in [-0.15, -0.1) is 0 Å². The Labute approximate surface area is 175 Å². The fourth-order valence-electron chi connectivity index (χ4n) is 3.06. The van der Waals surface area contributed by atoms with Crippen LogP contribution in [0.1, 0.15) is 81.5 Å². The van der Waals surface area contributed by atoms with Crippen LogP contribution in [0.2, 0.25) is 0 Å². The van der Waals surface area contributed by atoms with Crippen molar-refractivity contribution in [3.05, 3.63) is 29.8 Å². The summed E-state index contributed by atoms with van der Waals surface area (Å²) in [6.45, 7) is 1.25. The molecule has 29 heavy (non-hydrogen) atoms. The van der Waals surface area contributed by atoms with Crippen LogP contribution in [0.4, 0.5) is 0 Å². The summed E-state index contributed by atoms with van der Waals surface area (Å²) in [5.41, 5.74) is -1.06. The largest absolute Gasteiger partial charge is 0.494 e. The Morgan fingerprint density at radius 3 is 1.79 bits per heavy atom. The average Bonchev–Trinajstić information content (AvgIpc) is 2.76. The van der Waals surface area contributed by atoms with Crippen molar-refractivity contribution in [2.75, 3.05) is 26.4 Å². The highest BCUT2D eigenvalue weighted by Gasteiger charge is 2.30. The van der Waals surface area contributed by atoms with Gasteiger partial charge in [-0.2, -0.15) is 0 Å². The molecule has 1 aromatic carbocycles. The molecule has 0 spiro atoms. The number of hydrogen-bond donors (Lipinski definition) is 4. The molecule has 0 unspecified atom stereocenters. The lowest BCUT2D eigenvalue weighted by atomic mass is 10.0. The molecule has 0 radical (unpaired) electrons. The Morgan fingerprint density at radius 1 is 0.828 bits per heavy atom. The van der Waals surface area contributed by atoms with Crippen molar-refractivity contribution < 1.29 is 24.9 Å². The minimum atomic E-state index is -1.43. The van der Waals surface area contributed by atoms with E-state index in [1.54, 1.807) is 24.3 Å². The van der Waals surface area contributed by atoms with E-state index < -0.39 is 31.3 Å². The maximum Gasteiger partial charge on any atom is 0.251 e. The third-order valence-corrected chi connectivity index (χ3v) is 5.17. The molecule has 1 rings (SSSR count). The molecule has 6 nitrogen and oxygen atoms in total. The van der Waals surface area contributed by atoms with E-state index in [1.165, 1.54) is 57.8 Å². The van der Waals surface area contributed by atoms with Crippen LogP contribution in [0.5, 0.6) is 5.75 Å². The Hall–Kier alpha value is -1.63. The van der Waals surface area contributed by atoms with Crippen molar-refractivity contribution in [3.8, 4) is 5.75 Å². The zero-order valence-corrected chi connectivity index (χ0v) is 17.9. The molecule has 166 valence electrons. The van der Waals surface area contributed by atoms with Gasteiger partial charge in [0.2, 0.25) is 0 Å². The van der Waals surface area contributed by atoms with Crippen LogP contribution >= 0.6 is 0 Å². The van der Waals surface area contributed by atoms with E-state index >= 15 is 0 Å². The molecule has 0 saturated heterocycles. The second kappa shape index (κ2) is 15.2. The van der Waals surface area contributed by atoms with Gasteiger partial charge in [-0.25, -0.2) is 0 Å². The van der Waals surface area contributed by atoms with Crippen LogP contribution in [-0.2, 0) is 0 Å². The first-order chi connectivity index (χ1) is 14.1. The van der Waals surface area contributed by atoms with Crippen molar-refractivity contribution in [1.29, 1.82) is 0 Å². The van der Waals surface area contributed by atoms with E-state index in [2.05, 4.69) is 12.2 Å². The standard InChI is InChI=1S/C23H39NO5/c1-2-3-4-5-6-7-8-9-10-11-16-29-21-14-12-20(13-15-21)22(28)24-23(17-25,18-26)19-27/h12-15,25-27H,2-11,16-19H2,1H3,(H,24,28). The quantitative estimate of drug-likeness (QED) is 0.296. The van der Waals surface area contributed by atoms with Crippen molar-refractivity contribution >= 4 is 5.91 Å². The van der Waals surface area contributed by atoms with Crippen LogP contribution < -0.4 is 10.1 Å². The van der Waals surface area contributed by atoms with Crippen LogP contribution in [0.3, 0.4) is 0 Å². The number of nitrogens with one attached hydrogen (secondary N) is 1. The van der Waals surface area contributed by atoms with Gasteiger partial charge in [0.1, 0.15) is 11.3 Å². The van der Waals surface area contributed by atoms with Crippen molar-refractivity contribution in [1.82, 2.24) is 5.32 Å². The highest BCUT2D eigenvalue weighted by molar-refractivity contribution is 5.94. The predicted molar refractivity (Wildman–Crippen MR) is 115 cm³/mol. The SMILES string of the molecule is CCCCCCCCCCCCOc1ccc(C(=O)NC(CO)(CO)CO)cc1. The van der Waals surface area contributed by atoms with E-state index in [9.17, 15) is 20.1 Å². The molecule has 0 fully saturated rings. The number of hydrogen-bond acceptors (Lipinski definition) is 5. The first-order valence-corrected chi connectivity index (χ1v) is 11.0. The first-order valence-electron chi connectivity index (χ1n) is 11.0. The Kier molecular flexibility index (Phi) is 13.4. The number of rotatable bonds is 17. The number of aliphatic hydroxyl groups is 3. The summed E-state index contributed by atoms with van der Waals surface area (Å²) in [6.07, 6.45) is 12.8.